The van der Waals surface area contributed by atoms with Crippen LogP contribution in [0.1, 0.15) is 21.8 Å². The monoisotopic (exact) mass is 354 g/mol. The maximum Gasteiger partial charge on any atom is 0.0885 e. The number of rotatable bonds is 5. The predicted molar refractivity (Wildman–Crippen MR) is 98.2 cm³/mol. The van der Waals surface area contributed by atoms with E-state index in [0.717, 1.165) is 37.4 Å². The zero-order valence-electron chi connectivity index (χ0n) is 14.3. The molecule has 0 spiro atoms. The molecule has 0 N–H and O–H groups in total. The summed E-state index contributed by atoms with van der Waals surface area (Å²) in [5.41, 5.74) is 5.53. The topological polar surface area (TPSA) is 43.2 Å². The molecule has 6 heteroatoms. The molecule has 0 saturated heterocycles. The van der Waals surface area contributed by atoms with Gasteiger partial charge in [-0.3, -0.25) is 9.88 Å². The Balaban J connectivity index is 1.48. The highest BCUT2D eigenvalue weighted by Gasteiger charge is 2.23. The first-order valence-electron chi connectivity index (χ1n) is 8.54. The van der Waals surface area contributed by atoms with Gasteiger partial charge in [-0.2, -0.15) is 0 Å². The van der Waals surface area contributed by atoms with E-state index < -0.39 is 0 Å². The van der Waals surface area contributed by atoms with Gasteiger partial charge in [-0.15, -0.1) is 11.3 Å². The molecule has 0 fully saturated rings. The summed E-state index contributed by atoms with van der Waals surface area (Å²) in [4.78, 5) is 12.4. The van der Waals surface area contributed by atoms with Crippen LogP contribution in [-0.2, 0) is 31.0 Å². The second-order valence-electron chi connectivity index (χ2n) is 6.48. The van der Waals surface area contributed by atoms with Gasteiger partial charge in [0, 0.05) is 55.3 Å². The van der Waals surface area contributed by atoms with Crippen molar-refractivity contribution in [3.63, 3.8) is 0 Å². The fourth-order valence-electron chi connectivity index (χ4n) is 3.23. The molecular weight excluding hydrogens is 332 g/mol. The molecule has 1 aliphatic heterocycles. The molecule has 0 bridgehead atoms. The highest BCUT2D eigenvalue weighted by molar-refractivity contribution is 7.09. The second-order valence-corrected chi connectivity index (χ2v) is 7.42. The van der Waals surface area contributed by atoms with Gasteiger partial charge in [-0.25, -0.2) is 4.98 Å². The zero-order valence-corrected chi connectivity index (χ0v) is 15.2. The predicted octanol–water partition coefficient (Wildman–Crippen LogP) is 3.25. The van der Waals surface area contributed by atoms with E-state index in [-0.39, 0.29) is 6.10 Å². The Hall–Kier alpha value is -2.02. The van der Waals surface area contributed by atoms with E-state index in [4.69, 9.17) is 4.74 Å². The first-order chi connectivity index (χ1) is 12.3. The van der Waals surface area contributed by atoms with Crippen LogP contribution in [0.15, 0.2) is 48.4 Å². The molecule has 130 valence electrons. The molecular formula is C19H22N4OS. The minimum atomic E-state index is 0.155. The minimum Gasteiger partial charge on any atom is -0.370 e. The number of aryl methyl sites for hydroxylation is 1. The summed E-state index contributed by atoms with van der Waals surface area (Å²) < 4.78 is 8.55. The number of thiazole rings is 1. The Morgan fingerprint density at radius 2 is 2.24 bits per heavy atom. The van der Waals surface area contributed by atoms with Gasteiger partial charge in [0.2, 0.25) is 0 Å². The van der Waals surface area contributed by atoms with Gasteiger partial charge >= 0.3 is 0 Å². The van der Waals surface area contributed by atoms with Crippen molar-refractivity contribution in [1.82, 2.24) is 19.4 Å². The van der Waals surface area contributed by atoms with Crippen molar-refractivity contribution in [2.24, 2.45) is 0 Å². The van der Waals surface area contributed by atoms with Crippen molar-refractivity contribution >= 4 is 11.3 Å². The maximum absolute atomic E-state index is 6.24. The number of aromatic nitrogens is 3. The van der Waals surface area contributed by atoms with E-state index in [9.17, 15) is 0 Å². The molecule has 0 saturated carbocycles. The first-order valence-corrected chi connectivity index (χ1v) is 9.42. The van der Waals surface area contributed by atoms with Crippen LogP contribution < -0.4 is 0 Å². The molecule has 0 radical (unpaired) electrons. The number of ether oxygens (including phenoxy) is 1. The molecule has 0 aliphatic carbocycles. The average molecular weight is 354 g/mol. The average Bonchev–Trinajstić information content (AvgIpc) is 3.19. The first kappa shape index (κ1) is 16.4. The van der Waals surface area contributed by atoms with E-state index in [0.29, 0.717) is 6.61 Å². The second kappa shape index (κ2) is 7.47. The van der Waals surface area contributed by atoms with Gasteiger partial charge in [0.25, 0.3) is 0 Å². The van der Waals surface area contributed by atoms with E-state index in [1.165, 1.54) is 10.6 Å². The van der Waals surface area contributed by atoms with Crippen LogP contribution in [0.5, 0.6) is 0 Å². The van der Waals surface area contributed by atoms with Crippen molar-refractivity contribution < 1.29 is 4.74 Å². The molecule has 0 aromatic carbocycles. The van der Waals surface area contributed by atoms with Gasteiger partial charge < -0.3 is 9.30 Å². The zero-order chi connectivity index (χ0) is 17.1. The summed E-state index contributed by atoms with van der Waals surface area (Å²) in [6.45, 7) is 6.36. The smallest absolute Gasteiger partial charge is 0.0885 e. The van der Waals surface area contributed by atoms with Gasteiger partial charge in [0.05, 0.1) is 23.9 Å². The fourth-order valence-corrected chi connectivity index (χ4v) is 4.05. The lowest BCUT2D eigenvalue weighted by Gasteiger charge is -2.24. The van der Waals surface area contributed by atoms with Crippen LogP contribution in [0.4, 0.5) is 0 Å². The summed E-state index contributed by atoms with van der Waals surface area (Å²) in [6, 6.07) is 8.34. The minimum absolute atomic E-state index is 0.155. The largest absolute Gasteiger partial charge is 0.370 e. The lowest BCUT2D eigenvalue weighted by atomic mass is 10.2. The Morgan fingerprint density at radius 3 is 3.04 bits per heavy atom. The Kier molecular flexibility index (Phi) is 4.92. The highest BCUT2D eigenvalue weighted by atomic mass is 32.1. The lowest BCUT2D eigenvalue weighted by Crippen LogP contribution is -2.32. The van der Waals surface area contributed by atoms with E-state index in [2.05, 4.69) is 50.8 Å². The van der Waals surface area contributed by atoms with Crippen molar-refractivity contribution in [3.05, 3.63) is 70.2 Å². The van der Waals surface area contributed by atoms with Crippen molar-refractivity contribution in [3.8, 4) is 0 Å². The molecule has 3 aromatic rings. The highest BCUT2D eigenvalue weighted by Crippen LogP contribution is 2.21. The summed E-state index contributed by atoms with van der Waals surface area (Å²) in [5.74, 6) is 0. The van der Waals surface area contributed by atoms with Crippen molar-refractivity contribution in [2.45, 2.75) is 39.3 Å². The number of hydrogen-bond donors (Lipinski definition) is 0. The van der Waals surface area contributed by atoms with Crippen LogP contribution in [0, 0.1) is 6.92 Å². The van der Waals surface area contributed by atoms with Crippen molar-refractivity contribution in [1.29, 1.82) is 0 Å². The summed E-state index contributed by atoms with van der Waals surface area (Å²) >= 11 is 1.74. The lowest BCUT2D eigenvalue weighted by molar-refractivity contribution is 0.00871. The third-order valence-corrected chi connectivity index (χ3v) is 5.51. The Morgan fingerprint density at radius 1 is 1.28 bits per heavy atom. The molecule has 3 aromatic heterocycles. The van der Waals surface area contributed by atoms with E-state index >= 15 is 0 Å². The van der Waals surface area contributed by atoms with Crippen LogP contribution in [0.25, 0.3) is 0 Å². The third-order valence-electron chi connectivity index (χ3n) is 4.59. The number of nitrogens with zero attached hydrogens (tertiary/aromatic N) is 4. The van der Waals surface area contributed by atoms with Gasteiger partial charge in [0.15, 0.2) is 0 Å². The van der Waals surface area contributed by atoms with E-state index in [1.54, 1.807) is 17.5 Å². The fraction of sp³-hybridized carbons (Fsp3) is 0.368. The standard InChI is InChI=1S/C19H22N4OS/c1-15-19(25-14-21-15)12-22-9-17-5-3-7-23(17)11-18(10-22)24-13-16-4-2-6-20-8-16/h2-8,14,18H,9-13H2,1H3/t18-/m1/s1. The molecule has 0 amide bonds. The number of fused-ring (bicyclic) bond motifs is 1. The molecule has 4 heterocycles. The Labute approximate surface area is 151 Å². The summed E-state index contributed by atoms with van der Waals surface area (Å²) in [5, 5.41) is 0. The van der Waals surface area contributed by atoms with Crippen LogP contribution >= 0.6 is 11.3 Å². The van der Waals surface area contributed by atoms with Crippen LogP contribution in [-0.4, -0.2) is 32.1 Å². The summed E-state index contributed by atoms with van der Waals surface area (Å²) in [6.07, 6.45) is 5.97. The van der Waals surface area contributed by atoms with Gasteiger partial charge in [-0.05, 0) is 30.7 Å². The van der Waals surface area contributed by atoms with E-state index in [1.807, 2.05) is 17.8 Å². The van der Waals surface area contributed by atoms with Gasteiger partial charge in [0.1, 0.15) is 0 Å². The molecule has 25 heavy (non-hydrogen) atoms. The SMILES string of the molecule is Cc1ncsc1CN1Cc2cccn2C[C@H](OCc2cccnc2)C1. The quantitative estimate of drug-likeness (QED) is 0.705. The Bertz CT molecular complexity index is 814. The summed E-state index contributed by atoms with van der Waals surface area (Å²) in [7, 11) is 0. The van der Waals surface area contributed by atoms with Crippen LogP contribution in [0.3, 0.4) is 0 Å². The number of hydrogen-bond acceptors (Lipinski definition) is 5. The number of pyridine rings is 1. The molecule has 1 atom stereocenters. The van der Waals surface area contributed by atoms with Crippen LogP contribution in [0.2, 0.25) is 0 Å². The molecule has 4 rings (SSSR count). The molecule has 1 aliphatic rings. The van der Waals surface area contributed by atoms with Crippen molar-refractivity contribution in [2.75, 3.05) is 6.54 Å². The third kappa shape index (κ3) is 3.98. The normalized spacial score (nSPS) is 18.0. The molecule has 5 nitrogen and oxygen atoms in total. The molecule has 0 unspecified atom stereocenters. The maximum atomic E-state index is 6.24. The van der Waals surface area contributed by atoms with Gasteiger partial charge in [-0.1, -0.05) is 6.07 Å².